The predicted octanol–water partition coefficient (Wildman–Crippen LogP) is 3.07. The third kappa shape index (κ3) is 2.45. The minimum Gasteiger partial charge on any atom is -0.497 e. The summed E-state index contributed by atoms with van der Waals surface area (Å²) in [4.78, 5) is 0. The third-order valence-electron chi connectivity index (χ3n) is 2.15. The molecule has 82 valence electrons. The zero-order chi connectivity index (χ0) is 11.4. The predicted molar refractivity (Wildman–Crippen MR) is 63.9 cm³/mol. The van der Waals surface area contributed by atoms with Gasteiger partial charge in [0.2, 0.25) is 0 Å². The Morgan fingerprint density at radius 1 is 0.875 bits per heavy atom. The summed E-state index contributed by atoms with van der Waals surface area (Å²) < 4.78 is 10.7. The molecule has 0 radical (unpaired) electrons. The Balaban J connectivity index is 2.14. The van der Waals surface area contributed by atoms with Crippen LogP contribution in [0.1, 0.15) is 0 Å². The highest BCUT2D eigenvalue weighted by atomic mass is 16.5. The first-order valence-electron chi connectivity index (χ1n) is 4.95. The van der Waals surface area contributed by atoms with Crippen molar-refractivity contribution in [2.45, 2.75) is 0 Å². The molecule has 0 saturated heterocycles. The fourth-order valence-corrected chi connectivity index (χ4v) is 1.36. The number of hydrogen-bond acceptors (Lipinski definition) is 3. The lowest BCUT2D eigenvalue weighted by molar-refractivity contribution is 0.413. The Kier molecular flexibility index (Phi) is 2.96. The van der Waals surface area contributed by atoms with Crippen molar-refractivity contribution in [3.05, 3.63) is 48.5 Å². The third-order valence-corrected chi connectivity index (χ3v) is 2.15. The first-order chi connectivity index (χ1) is 7.78. The summed E-state index contributed by atoms with van der Waals surface area (Å²) in [5, 5.41) is 0. The van der Waals surface area contributed by atoms with Gasteiger partial charge in [0.1, 0.15) is 17.2 Å². The van der Waals surface area contributed by atoms with E-state index in [2.05, 4.69) is 0 Å². The molecule has 0 amide bonds. The van der Waals surface area contributed by atoms with E-state index in [-0.39, 0.29) is 0 Å². The molecule has 0 bridgehead atoms. The molecule has 0 fully saturated rings. The van der Waals surface area contributed by atoms with E-state index in [0.29, 0.717) is 5.69 Å². The summed E-state index contributed by atoms with van der Waals surface area (Å²) in [6.07, 6.45) is 0. The molecule has 0 aliphatic heterocycles. The highest BCUT2D eigenvalue weighted by Gasteiger charge is 1.98. The smallest absolute Gasteiger partial charge is 0.129 e. The first kappa shape index (κ1) is 10.4. The van der Waals surface area contributed by atoms with Gasteiger partial charge in [0.15, 0.2) is 0 Å². The van der Waals surface area contributed by atoms with Crippen LogP contribution in [0.15, 0.2) is 48.5 Å². The lowest BCUT2D eigenvalue weighted by Crippen LogP contribution is -1.88. The van der Waals surface area contributed by atoms with Crippen molar-refractivity contribution in [1.82, 2.24) is 0 Å². The van der Waals surface area contributed by atoms with Gasteiger partial charge >= 0.3 is 0 Å². The van der Waals surface area contributed by atoms with E-state index in [1.54, 1.807) is 13.2 Å². The zero-order valence-electron chi connectivity index (χ0n) is 9.01. The van der Waals surface area contributed by atoms with E-state index < -0.39 is 0 Å². The molecule has 2 aromatic carbocycles. The Morgan fingerprint density at radius 3 is 2.19 bits per heavy atom. The number of anilines is 1. The highest BCUT2D eigenvalue weighted by Crippen LogP contribution is 2.24. The van der Waals surface area contributed by atoms with Crippen LogP contribution in [0.2, 0.25) is 0 Å². The van der Waals surface area contributed by atoms with E-state index in [4.69, 9.17) is 15.2 Å². The van der Waals surface area contributed by atoms with E-state index in [1.165, 1.54) is 0 Å². The molecule has 0 saturated carbocycles. The fraction of sp³-hybridized carbons (Fsp3) is 0.0769. The van der Waals surface area contributed by atoms with Gasteiger partial charge in [0, 0.05) is 11.8 Å². The van der Waals surface area contributed by atoms with Crippen LogP contribution in [0, 0.1) is 0 Å². The average molecular weight is 215 g/mol. The number of methoxy groups -OCH3 is 1. The van der Waals surface area contributed by atoms with Crippen molar-refractivity contribution in [2.75, 3.05) is 12.8 Å². The summed E-state index contributed by atoms with van der Waals surface area (Å²) in [7, 11) is 1.63. The van der Waals surface area contributed by atoms with Crippen LogP contribution in [0.25, 0.3) is 0 Å². The molecule has 0 spiro atoms. The maximum absolute atomic E-state index is 5.66. The van der Waals surface area contributed by atoms with Gasteiger partial charge in [-0.1, -0.05) is 6.07 Å². The number of hydrogen-bond donors (Lipinski definition) is 1. The van der Waals surface area contributed by atoms with Crippen LogP contribution in [0.5, 0.6) is 17.2 Å². The number of benzene rings is 2. The van der Waals surface area contributed by atoms with Crippen LogP contribution < -0.4 is 15.2 Å². The van der Waals surface area contributed by atoms with Crippen LogP contribution >= 0.6 is 0 Å². The molecule has 0 heterocycles. The lowest BCUT2D eigenvalue weighted by atomic mass is 10.3. The second-order valence-corrected chi connectivity index (χ2v) is 3.35. The van der Waals surface area contributed by atoms with Crippen LogP contribution in [0.4, 0.5) is 5.69 Å². The average Bonchev–Trinajstić information content (AvgIpc) is 2.30. The molecular weight excluding hydrogens is 202 g/mol. The van der Waals surface area contributed by atoms with Gasteiger partial charge in [-0.15, -0.1) is 0 Å². The molecule has 3 nitrogen and oxygen atoms in total. The standard InChI is InChI=1S/C13H13NO2/c1-15-11-5-7-12(8-6-11)16-13-4-2-3-10(14)9-13/h2-9H,14H2,1H3. The minimum atomic E-state index is 0.686. The van der Waals surface area contributed by atoms with Gasteiger partial charge in [0.05, 0.1) is 7.11 Å². The van der Waals surface area contributed by atoms with Crippen molar-refractivity contribution in [1.29, 1.82) is 0 Å². The summed E-state index contributed by atoms with van der Waals surface area (Å²) >= 11 is 0. The van der Waals surface area contributed by atoms with Crippen LogP contribution in [-0.2, 0) is 0 Å². The van der Waals surface area contributed by atoms with Crippen molar-refractivity contribution < 1.29 is 9.47 Å². The summed E-state index contributed by atoms with van der Waals surface area (Å²) in [5.74, 6) is 2.29. The summed E-state index contributed by atoms with van der Waals surface area (Å²) in [5.41, 5.74) is 6.34. The first-order valence-corrected chi connectivity index (χ1v) is 4.95. The summed E-state index contributed by atoms with van der Waals surface area (Å²) in [6, 6.07) is 14.7. The quantitative estimate of drug-likeness (QED) is 0.800. The molecule has 2 N–H and O–H groups in total. The number of nitrogens with two attached hydrogens (primary N) is 1. The van der Waals surface area contributed by atoms with Gasteiger partial charge in [-0.25, -0.2) is 0 Å². The lowest BCUT2D eigenvalue weighted by Gasteiger charge is -2.06. The maximum Gasteiger partial charge on any atom is 0.129 e. The Labute approximate surface area is 94.4 Å². The molecule has 3 heteroatoms. The largest absolute Gasteiger partial charge is 0.497 e. The molecule has 2 aromatic rings. The van der Waals surface area contributed by atoms with Gasteiger partial charge in [-0.3, -0.25) is 0 Å². The second kappa shape index (κ2) is 4.57. The molecule has 0 unspecified atom stereocenters. The second-order valence-electron chi connectivity index (χ2n) is 3.35. The number of rotatable bonds is 3. The van der Waals surface area contributed by atoms with Crippen LogP contribution in [0.3, 0.4) is 0 Å². The maximum atomic E-state index is 5.66. The van der Waals surface area contributed by atoms with Gasteiger partial charge in [-0.2, -0.15) is 0 Å². The highest BCUT2D eigenvalue weighted by molar-refractivity contribution is 5.45. The Bertz CT molecular complexity index is 466. The molecule has 0 aromatic heterocycles. The zero-order valence-corrected chi connectivity index (χ0v) is 9.01. The molecule has 0 atom stereocenters. The van der Waals surface area contributed by atoms with Crippen molar-refractivity contribution in [3.8, 4) is 17.2 Å². The molecule has 16 heavy (non-hydrogen) atoms. The topological polar surface area (TPSA) is 44.5 Å². The van der Waals surface area contributed by atoms with E-state index in [0.717, 1.165) is 17.2 Å². The van der Waals surface area contributed by atoms with Crippen molar-refractivity contribution >= 4 is 5.69 Å². The van der Waals surface area contributed by atoms with Crippen molar-refractivity contribution in [2.24, 2.45) is 0 Å². The normalized spacial score (nSPS) is 9.81. The Morgan fingerprint density at radius 2 is 1.56 bits per heavy atom. The summed E-state index contributed by atoms with van der Waals surface area (Å²) in [6.45, 7) is 0. The van der Waals surface area contributed by atoms with E-state index in [9.17, 15) is 0 Å². The molecule has 0 aliphatic carbocycles. The Hall–Kier alpha value is -2.16. The van der Waals surface area contributed by atoms with Crippen LogP contribution in [-0.4, -0.2) is 7.11 Å². The van der Waals surface area contributed by atoms with Gasteiger partial charge < -0.3 is 15.2 Å². The van der Waals surface area contributed by atoms with Crippen molar-refractivity contribution in [3.63, 3.8) is 0 Å². The van der Waals surface area contributed by atoms with E-state index in [1.807, 2.05) is 42.5 Å². The molecular formula is C13H13NO2. The number of ether oxygens (including phenoxy) is 2. The van der Waals surface area contributed by atoms with E-state index >= 15 is 0 Å². The van der Waals surface area contributed by atoms with Gasteiger partial charge in [-0.05, 0) is 36.4 Å². The molecule has 2 rings (SSSR count). The minimum absolute atomic E-state index is 0.686. The number of nitrogen functional groups attached to an aromatic ring is 1. The molecule has 0 aliphatic rings. The SMILES string of the molecule is COc1ccc(Oc2cccc(N)c2)cc1. The monoisotopic (exact) mass is 215 g/mol. The van der Waals surface area contributed by atoms with Gasteiger partial charge in [0.25, 0.3) is 0 Å². The fourth-order valence-electron chi connectivity index (χ4n) is 1.36.